The lowest BCUT2D eigenvalue weighted by Gasteiger charge is -2.09. The van der Waals surface area contributed by atoms with Crippen LogP contribution in [0.3, 0.4) is 0 Å². The third kappa shape index (κ3) is 2.58. The summed E-state index contributed by atoms with van der Waals surface area (Å²) >= 11 is 0. The second-order valence-electron chi connectivity index (χ2n) is 3.28. The minimum atomic E-state index is 0.0163. The van der Waals surface area contributed by atoms with Gasteiger partial charge in [-0.25, -0.2) is 0 Å². The van der Waals surface area contributed by atoms with Gasteiger partial charge in [0, 0.05) is 13.5 Å². The van der Waals surface area contributed by atoms with Crippen molar-refractivity contribution in [3.8, 4) is 0 Å². The highest BCUT2D eigenvalue weighted by Gasteiger charge is 2.01. The lowest BCUT2D eigenvalue weighted by atomic mass is 10.0. The zero-order chi connectivity index (χ0) is 9.84. The Morgan fingerprint density at radius 2 is 1.85 bits per heavy atom. The van der Waals surface area contributed by atoms with E-state index in [9.17, 15) is 4.79 Å². The Morgan fingerprint density at radius 1 is 1.31 bits per heavy atom. The van der Waals surface area contributed by atoms with Crippen LogP contribution in [0.25, 0.3) is 0 Å². The van der Waals surface area contributed by atoms with Crippen molar-refractivity contribution < 1.29 is 4.79 Å². The van der Waals surface area contributed by atoms with Crippen molar-refractivity contribution in [1.29, 1.82) is 0 Å². The first-order valence-corrected chi connectivity index (χ1v) is 4.41. The third-order valence-electron chi connectivity index (χ3n) is 2.16. The van der Waals surface area contributed by atoms with Gasteiger partial charge in [0.1, 0.15) is 0 Å². The van der Waals surface area contributed by atoms with Gasteiger partial charge in [-0.1, -0.05) is 18.2 Å². The van der Waals surface area contributed by atoms with E-state index >= 15 is 0 Å². The third-order valence-corrected chi connectivity index (χ3v) is 2.16. The van der Waals surface area contributed by atoms with Gasteiger partial charge in [0.25, 0.3) is 0 Å². The molecule has 13 heavy (non-hydrogen) atoms. The molecule has 0 spiro atoms. The molecule has 1 amide bonds. The van der Waals surface area contributed by atoms with E-state index in [4.69, 9.17) is 0 Å². The molecule has 1 aromatic carbocycles. The predicted octanol–water partition coefficient (Wildman–Crippen LogP) is 1.94. The van der Waals surface area contributed by atoms with Crippen molar-refractivity contribution >= 4 is 5.91 Å². The van der Waals surface area contributed by atoms with E-state index < -0.39 is 0 Å². The summed E-state index contributed by atoms with van der Waals surface area (Å²) in [5.74, 6) is 0.0163. The van der Waals surface area contributed by atoms with Crippen LogP contribution in [0.15, 0.2) is 18.2 Å². The van der Waals surface area contributed by atoms with Gasteiger partial charge in [0.15, 0.2) is 0 Å². The molecule has 0 fully saturated rings. The fraction of sp³-hybridized carbons (Fsp3) is 0.364. The molecule has 1 aromatic rings. The summed E-state index contributed by atoms with van der Waals surface area (Å²) in [6, 6.07) is 6.15. The number of hydrogen-bond acceptors (Lipinski definition) is 1. The molecule has 0 unspecified atom stereocenters. The molecule has 1 rings (SSSR count). The van der Waals surface area contributed by atoms with Gasteiger partial charge < -0.3 is 5.32 Å². The van der Waals surface area contributed by atoms with Crippen LogP contribution in [0.4, 0.5) is 0 Å². The summed E-state index contributed by atoms with van der Waals surface area (Å²) in [5, 5.41) is 2.80. The first-order valence-electron chi connectivity index (χ1n) is 4.41. The Morgan fingerprint density at radius 3 is 2.31 bits per heavy atom. The number of nitrogens with one attached hydrogen (secondary N) is 1. The summed E-state index contributed by atoms with van der Waals surface area (Å²) in [6.07, 6.45) is 0. The van der Waals surface area contributed by atoms with Gasteiger partial charge in [-0.3, -0.25) is 4.79 Å². The van der Waals surface area contributed by atoms with Crippen LogP contribution in [0.5, 0.6) is 0 Å². The zero-order valence-corrected chi connectivity index (χ0v) is 8.35. The van der Waals surface area contributed by atoms with E-state index in [1.807, 2.05) is 6.07 Å². The van der Waals surface area contributed by atoms with Crippen LogP contribution in [0.2, 0.25) is 0 Å². The van der Waals surface area contributed by atoms with Gasteiger partial charge in [-0.05, 0) is 30.5 Å². The minimum absolute atomic E-state index is 0.0163. The number of carbonyl (C=O) groups is 1. The maximum Gasteiger partial charge on any atom is 0.217 e. The summed E-state index contributed by atoms with van der Waals surface area (Å²) < 4.78 is 0. The van der Waals surface area contributed by atoms with Gasteiger partial charge in [-0.15, -0.1) is 0 Å². The highest BCUT2D eigenvalue weighted by atomic mass is 16.1. The molecule has 0 saturated carbocycles. The van der Waals surface area contributed by atoms with Crippen LogP contribution in [0, 0.1) is 13.8 Å². The van der Waals surface area contributed by atoms with Crippen molar-refractivity contribution in [1.82, 2.24) is 5.32 Å². The molecular formula is C11H15NO. The molecule has 0 saturated heterocycles. The number of hydrogen-bond donors (Lipinski definition) is 1. The van der Waals surface area contributed by atoms with E-state index in [1.54, 1.807) is 0 Å². The number of benzene rings is 1. The molecule has 0 aliphatic heterocycles. The van der Waals surface area contributed by atoms with Gasteiger partial charge in [0.05, 0.1) is 0 Å². The normalized spacial score (nSPS) is 9.77. The second kappa shape index (κ2) is 4.08. The van der Waals surface area contributed by atoms with Crippen molar-refractivity contribution in [2.75, 3.05) is 0 Å². The summed E-state index contributed by atoms with van der Waals surface area (Å²) in [6.45, 7) is 6.29. The molecule has 0 aliphatic carbocycles. The highest BCUT2D eigenvalue weighted by Crippen LogP contribution is 2.12. The van der Waals surface area contributed by atoms with Crippen LogP contribution >= 0.6 is 0 Å². The molecule has 70 valence electrons. The molecule has 0 radical (unpaired) electrons. The van der Waals surface area contributed by atoms with Crippen molar-refractivity contribution in [2.45, 2.75) is 27.3 Å². The monoisotopic (exact) mass is 177 g/mol. The average Bonchev–Trinajstić information content (AvgIpc) is 2.03. The fourth-order valence-corrected chi connectivity index (χ4v) is 1.34. The molecule has 0 bridgehead atoms. The van der Waals surface area contributed by atoms with E-state index in [-0.39, 0.29) is 5.91 Å². The Bertz CT molecular complexity index is 298. The zero-order valence-electron chi connectivity index (χ0n) is 8.35. The fourth-order valence-electron chi connectivity index (χ4n) is 1.34. The number of carbonyl (C=O) groups excluding carboxylic acids is 1. The molecule has 0 aliphatic rings. The first-order chi connectivity index (χ1) is 6.11. The van der Waals surface area contributed by atoms with Gasteiger partial charge in [-0.2, -0.15) is 0 Å². The SMILES string of the molecule is CC(=O)NCc1c(C)cccc1C. The highest BCUT2D eigenvalue weighted by molar-refractivity contribution is 5.72. The topological polar surface area (TPSA) is 29.1 Å². The molecular weight excluding hydrogens is 162 g/mol. The van der Waals surface area contributed by atoms with E-state index in [1.165, 1.54) is 23.6 Å². The minimum Gasteiger partial charge on any atom is -0.352 e. The summed E-state index contributed by atoms with van der Waals surface area (Å²) in [4.78, 5) is 10.7. The predicted molar refractivity (Wildman–Crippen MR) is 53.4 cm³/mol. The maximum atomic E-state index is 10.7. The summed E-state index contributed by atoms with van der Waals surface area (Å²) in [7, 11) is 0. The molecule has 0 aromatic heterocycles. The quantitative estimate of drug-likeness (QED) is 0.735. The number of aryl methyl sites for hydroxylation is 2. The second-order valence-corrected chi connectivity index (χ2v) is 3.28. The van der Waals surface area contributed by atoms with Crippen molar-refractivity contribution in [3.63, 3.8) is 0 Å². The molecule has 2 nitrogen and oxygen atoms in total. The largest absolute Gasteiger partial charge is 0.352 e. The first kappa shape index (κ1) is 9.78. The Labute approximate surface area is 79.0 Å². The number of amides is 1. The standard InChI is InChI=1S/C11H15NO/c1-8-5-4-6-9(2)11(8)7-12-10(3)13/h4-6H,7H2,1-3H3,(H,12,13). The Balaban J connectivity index is 2.81. The Kier molecular flexibility index (Phi) is 3.07. The van der Waals surface area contributed by atoms with E-state index in [0.29, 0.717) is 6.54 Å². The lowest BCUT2D eigenvalue weighted by Crippen LogP contribution is -2.20. The van der Waals surface area contributed by atoms with Crippen molar-refractivity contribution in [2.24, 2.45) is 0 Å². The maximum absolute atomic E-state index is 10.7. The van der Waals surface area contributed by atoms with E-state index in [0.717, 1.165) is 0 Å². The van der Waals surface area contributed by atoms with Crippen LogP contribution < -0.4 is 5.32 Å². The molecule has 1 N–H and O–H groups in total. The summed E-state index contributed by atoms with van der Waals surface area (Å²) in [5.41, 5.74) is 3.68. The van der Waals surface area contributed by atoms with Gasteiger partial charge >= 0.3 is 0 Å². The van der Waals surface area contributed by atoms with Crippen LogP contribution in [0.1, 0.15) is 23.6 Å². The van der Waals surface area contributed by atoms with Crippen LogP contribution in [-0.4, -0.2) is 5.91 Å². The number of rotatable bonds is 2. The van der Waals surface area contributed by atoms with E-state index in [2.05, 4.69) is 31.3 Å². The lowest BCUT2D eigenvalue weighted by molar-refractivity contribution is -0.119. The average molecular weight is 177 g/mol. The van der Waals surface area contributed by atoms with Crippen LogP contribution in [-0.2, 0) is 11.3 Å². The molecule has 0 atom stereocenters. The molecule has 0 heterocycles. The van der Waals surface area contributed by atoms with Crippen molar-refractivity contribution in [3.05, 3.63) is 34.9 Å². The molecule has 2 heteroatoms. The Hall–Kier alpha value is -1.31. The van der Waals surface area contributed by atoms with Gasteiger partial charge in [0.2, 0.25) is 5.91 Å². The smallest absolute Gasteiger partial charge is 0.217 e.